The van der Waals surface area contributed by atoms with Crippen LogP contribution in [0.2, 0.25) is 5.02 Å². The van der Waals surface area contributed by atoms with Gasteiger partial charge < -0.3 is 9.67 Å². The highest BCUT2D eigenvalue weighted by molar-refractivity contribution is 7.10. The molecule has 5 heteroatoms. The topological polar surface area (TPSA) is 38.0 Å². The number of imidazole rings is 1. The van der Waals surface area contributed by atoms with Crippen molar-refractivity contribution in [1.29, 1.82) is 0 Å². The molecule has 3 aromatic rings. The lowest BCUT2D eigenvalue weighted by molar-refractivity contribution is 0.161. The molecule has 0 amide bonds. The van der Waals surface area contributed by atoms with E-state index in [1.54, 1.807) is 12.4 Å². The zero-order valence-electron chi connectivity index (χ0n) is 9.45. The lowest BCUT2D eigenvalue weighted by Gasteiger charge is -2.11. The summed E-state index contributed by atoms with van der Waals surface area (Å²) in [5.74, 6) is 0. The van der Waals surface area contributed by atoms with Crippen LogP contribution >= 0.6 is 22.9 Å². The van der Waals surface area contributed by atoms with Gasteiger partial charge in [0, 0.05) is 0 Å². The molecule has 0 aliphatic heterocycles. The minimum atomic E-state index is -0.602. The van der Waals surface area contributed by atoms with Gasteiger partial charge in [-0.1, -0.05) is 23.7 Å². The van der Waals surface area contributed by atoms with Gasteiger partial charge in [0.15, 0.2) is 0 Å². The fourth-order valence-electron chi connectivity index (χ4n) is 1.97. The summed E-state index contributed by atoms with van der Waals surface area (Å²) in [6.07, 6.45) is 1.14. The molecule has 1 unspecified atom stereocenters. The third-order valence-electron chi connectivity index (χ3n) is 2.84. The predicted molar refractivity (Wildman–Crippen MR) is 74.0 cm³/mol. The fourth-order valence-corrected chi connectivity index (χ4v) is 3.13. The second kappa shape index (κ2) is 4.72. The molecule has 92 valence electrons. The second-order valence-electron chi connectivity index (χ2n) is 4.03. The van der Waals surface area contributed by atoms with Crippen LogP contribution in [-0.4, -0.2) is 14.7 Å². The number of para-hydroxylation sites is 2. The maximum absolute atomic E-state index is 10.2. The maximum Gasteiger partial charge on any atom is 0.108 e. The third-order valence-corrected chi connectivity index (χ3v) is 4.30. The van der Waals surface area contributed by atoms with Crippen LogP contribution in [0.3, 0.4) is 0 Å². The van der Waals surface area contributed by atoms with E-state index in [-0.39, 0.29) is 0 Å². The van der Waals surface area contributed by atoms with E-state index in [2.05, 4.69) is 4.98 Å². The van der Waals surface area contributed by atoms with Crippen molar-refractivity contribution in [3.8, 4) is 0 Å². The van der Waals surface area contributed by atoms with E-state index in [9.17, 15) is 5.11 Å². The van der Waals surface area contributed by atoms with Crippen LogP contribution in [0.15, 0.2) is 42.0 Å². The normalized spacial score (nSPS) is 13.0. The summed E-state index contributed by atoms with van der Waals surface area (Å²) in [6, 6.07) is 9.66. The van der Waals surface area contributed by atoms with Gasteiger partial charge >= 0.3 is 0 Å². The molecule has 0 saturated carbocycles. The summed E-state index contributed by atoms with van der Waals surface area (Å²) in [7, 11) is 0. The molecule has 0 spiro atoms. The van der Waals surface area contributed by atoms with Gasteiger partial charge in [0.25, 0.3) is 0 Å². The van der Waals surface area contributed by atoms with E-state index in [4.69, 9.17) is 11.6 Å². The molecule has 0 fully saturated rings. The molecule has 0 radical (unpaired) electrons. The standard InChI is InChI=1S/C13H11ClN2OS/c14-9-5-6-18-13(9)12(17)7-16-8-15-10-3-1-2-4-11(10)16/h1-6,8,12,17H,7H2. The molecule has 1 N–H and O–H groups in total. The van der Waals surface area contributed by atoms with Crippen molar-refractivity contribution in [3.63, 3.8) is 0 Å². The smallest absolute Gasteiger partial charge is 0.108 e. The number of aliphatic hydroxyl groups excluding tert-OH is 1. The maximum atomic E-state index is 10.2. The van der Waals surface area contributed by atoms with Crippen LogP contribution in [-0.2, 0) is 6.54 Å². The van der Waals surface area contributed by atoms with Crippen LogP contribution in [0.5, 0.6) is 0 Å². The number of rotatable bonds is 3. The molecular weight excluding hydrogens is 268 g/mol. The first-order chi connectivity index (χ1) is 8.75. The highest BCUT2D eigenvalue weighted by Crippen LogP contribution is 2.30. The Morgan fingerprint density at radius 3 is 2.94 bits per heavy atom. The fraction of sp³-hybridized carbons (Fsp3) is 0.154. The molecule has 2 heterocycles. The molecule has 0 saturated heterocycles. The Morgan fingerprint density at radius 1 is 1.33 bits per heavy atom. The van der Waals surface area contributed by atoms with Gasteiger partial charge in [0.2, 0.25) is 0 Å². The largest absolute Gasteiger partial charge is 0.386 e. The first-order valence-corrected chi connectivity index (χ1v) is 6.82. The highest BCUT2D eigenvalue weighted by Gasteiger charge is 2.14. The predicted octanol–water partition coefficient (Wildman–Crippen LogP) is 3.48. The molecular formula is C13H11ClN2OS. The van der Waals surface area contributed by atoms with Crippen LogP contribution in [0, 0.1) is 0 Å². The average molecular weight is 279 g/mol. The van der Waals surface area contributed by atoms with Gasteiger partial charge in [0.1, 0.15) is 6.10 Å². The number of aliphatic hydroxyl groups is 1. The van der Waals surface area contributed by atoms with Gasteiger partial charge in [-0.2, -0.15) is 0 Å². The molecule has 18 heavy (non-hydrogen) atoms. The molecule has 1 aromatic carbocycles. The summed E-state index contributed by atoms with van der Waals surface area (Å²) in [5, 5.41) is 12.7. The molecule has 0 bridgehead atoms. The molecule has 0 aliphatic carbocycles. The summed E-state index contributed by atoms with van der Waals surface area (Å²) < 4.78 is 1.94. The van der Waals surface area contributed by atoms with Gasteiger partial charge in [-0.3, -0.25) is 0 Å². The minimum Gasteiger partial charge on any atom is -0.386 e. The Labute approximate surface area is 113 Å². The Morgan fingerprint density at radius 2 is 2.17 bits per heavy atom. The summed E-state index contributed by atoms with van der Waals surface area (Å²) in [6.45, 7) is 0.459. The van der Waals surface area contributed by atoms with Gasteiger partial charge in [-0.25, -0.2) is 4.98 Å². The zero-order chi connectivity index (χ0) is 12.5. The molecule has 1 atom stereocenters. The monoisotopic (exact) mass is 278 g/mol. The molecule has 2 aromatic heterocycles. The Hall–Kier alpha value is -1.36. The quantitative estimate of drug-likeness (QED) is 0.796. The lowest BCUT2D eigenvalue weighted by atomic mass is 10.2. The Kier molecular flexibility index (Phi) is 3.07. The number of hydrogen-bond acceptors (Lipinski definition) is 3. The van der Waals surface area contributed by atoms with E-state index >= 15 is 0 Å². The number of aromatic nitrogens is 2. The summed E-state index contributed by atoms with van der Waals surface area (Å²) in [4.78, 5) is 5.10. The highest BCUT2D eigenvalue weighted by atomic mass is 35.5. The molecule has 0 aliphatic rings. The second-order valence-corrected chi connectivity index (χ2v) is 5.39. The number of thiophene rings is 1. The van der Waals surface area contributed by atoms with Crippen LogP contribution in [0.25, 0.3) is 11.0 Å². The first-order valence-electron chi connectivity index (χ1n) is 5.56. The van der Waals surface area contributed by atoms with Crippen molar-refractivity contribution in [2.75, 3.05) is 0 Å². The Bertz CT molecular complexity index is 676. The number of benzene rings is 1. The van der Waals surface area contributed by atoms with Crippen molar-refractivity contribution < 1.29 is 5.11 Å². The van der Waals surface area contributed by atoms with E-state index in [0.717, 1.165) is 15.9 Å². The van der Waals surface area contributed by atoms with Crippen LogP contribution in [0.1, 0.15) is 11.0 Å². The average Bonchev–Trinajstić information content (AvgIpc) is 2.97. The van der Waals surface area contributed by atoms with Crippen molar-refractivity contribution >= 4 is 34.0 Å². The van der Waals surface area contributed by atoms with E-state index in [1.807, 2.05) is 34.2 Å². The van der Waals surface area contributed by atoms with E-state index < -0.39 is 6.10 Å². The number of hydrogen-bond donors (Lipinski definition) is 1. The van der Waals surface area contributed by atoms with Gasteiger partial charge in [0.05, 0.1) is 33.8 Å². The van der Waals surface area contributed by atoms with Crippen LogP contribution < -0.4 is 0 Å². The number of fused-ring (bicyclic) bond motifs is 1. The zero-order valence-corrected chi connectivity index (χ0v) is 11.0. The lowest BCUT2D eigenvalue weighted by Crippen LogP contribution is -2.06. The number of halogens is 1. The molecule has 3 nitrogen and oxygen atoms in total. The molecule has 3 rings (SSSR count). The van der Waals surface area contributed by atoms with Crippen molar-refractivity contribution in [1.82, 2.24) is 9.55 Å². The Balaban J connectivity index is 1.91. The van der Waals surface area contributed by atoms with Crippen molar-refractivity contribution in [3.05, 3.63) is 51.9 Å². The third kappa shape index (κ3) is 2.03. The van der Waals surface area contributed by atoms with E-state index in [0.29, 0.717) is 11.6 Å². The van der Waals surface area contributed by atoms with Gasteiger partial charge in [-0.05, 0) is 23.6 Å². The van der Waals surface area contributed by atoms with Crippen molar-refractivity contribution in [2.24, 2.45) is 0 Å². The van der Waals surface area contributed by atoms with Gasteiger partial charge in [-0.15, -0.1) is 11.3 Å². The van der Waals surface area contributed by atoms with E-state index in [1.165, 1.54) is 11.3 Å². The summed E-state index contributed by atoms with van der Waals surface area (Å²) in [5.41, 5.74) is 1.95. The summed E-state index contributed by atoms with van der Waals surface area (Å²) >= 11 is 7.49. The minimum absolute atomic E-state index is 0.459. The van der Waals surface area contributed by atoms with Crippen molar-refractivity contribution in [2.45, 2.75) is 12.6 Å². The first kappa shape index (κ1) is 11.7. The number of nitrogens with zero attached hydrogens (tertiary/aromatic N) is 2. The SMILES string of the molecule is OC(Cn1cnc2ccccc21)c1sccc1Cl. The van der Waals surface area contributed by atoms with Crippen LogP contribution in [0.4, 0.5) is 0 Å².